The predicted molar refractivity (Wildman–Crippen MR) is 127 cm³/mol. The summed E-state index contributed by atoms with van der Waals surface area (Å²) in [6.45, 7) is 5.91. The van der Waals surface area contributed by atoms with Crippen LogP contribution in [0.4, 0.5) is 21.6 Å². The summed E-state index contributed by atoms with van der Waals surface area (Å²) in [4.78, 5) is 20.4. The molecule has 0 atom stereocenters. The third kappa shape index (κ3) is 4.28. The van der Waals surface area contributed by atoms with Crippen molar-refractivity contribution < 1.29 is 13.9 Å². The van der Waals surface area contributed by atoms with Crippen LogP contribution in [0.25, 0.3) is 11.3 Å². The molecular formula is C25H26FN5O2. The molecule has 1 amide bonds. The lowest BCUT2D eigenvalue weighted by Gasteiger charge is -2.17. The van der Waals surface area contributed by atoms with Gasteiger partial charge in [0.1, 0.15) is 17.2 Å². The molecule has 2 aromatic heterocycles. The van der Waals surface area contributed by atoms with Crippen LogP contribution >= 0.6 is 0 Å². The van der Waals surface area contributed by atoms with Gasteiger partial charge >= 0.3 is 0 Å². The van der Waals surface area contributed by atoms with Gasteiger partial charge in [0.05, 0.1) is 22.5 Å². The number of nitrogens with two attached hydrogens (primary N) is 1. The number of aromatic nitrogens is 2. The van der Waals surface area contributed by atoms with Crippen molar-refractivity contribution in [2.45, 2.75) is 32.8 Å². The van der Waals surface area contributed by atoms with E-state index in [0.29, 0.717) is 52.3 Å². The Morgan fingerprint density at radius 2 is 2.09 bits per heavy atom. The topological polar surface area (TPSA) is 105 Å². The number of carbonyl (C=O) groups is 1. The highest BCUT2D eigenvalue weighted by Crippen LogP contribution is 2.39. The molecule has 0 fully saturated rings. The minimum Gasteiger partial charge on any atom is -0.383 e. The molecule has 0 radical (unpaired) electrons. The number of nitrogen functional groups attached to an aromatic ring is 1. The summed E-state index contributed by atoms with van der Waals surface area (Å²) in [5.41, 5.74) is 10.2. The lowest BCUT2D eigenvalue weighted by Crippen LogP contribution is -2.31. The standard InChI is InChI=1S/C25H26FN5O2/c1-14-17(26)6-5-7-18(14)30-22-20-19(10-13-29-24(20)32)31-21(22)15-9-12-28-23(27)16(15)8-11-25(2,3)33-4/h5-7,9,12,30-31H,10,13H2,1-4H3,(H2,27,28)(H,29,32). The Balaban J connectivity index is 1.94. The number of hydrogen-bond donors (Lipinski definition) is 4. The number of nitrogens with one attached hydrogen (secondary N) is 3. The SMILES string of the molecule is COC(C)(C)C#Cc1c(-c2[nH]c3c(c2Nc2cccc(F)c2C)C(=O)NCC3)ccnc1N. The summed E-state index contributed by atoms with van der Waals surface area (Å²) < 4.78 is 19.6. The summed E-state index contributed by atoms with van der Waals surface area (Å²) in [6.07, 6.45) is 2.23. The van der Waals surface area contributed by atoms with E-state index in [1.807, 2.05) is 13.8 Å². The maximum Gasteiger partial charge on any atom is 0.255 e. The second-order valence-electron chi connectivity index (χ2n) is 8.36. The van der Waals surface area contributed by atoms with Crippen molar-refractivity contribution in [1.82, 2.24) is 15.3 Å². The molecule has 5 N–H and O–H groups in total. The number of carbonyl (C=O) groups excluding carboxylic acids is 1. The summed E-state index contributed by atoms with van der Waals surface area (Å²) >= 11 is 0. The summed E-state index contributed by atoms with van der Waals surface area (Å²) in [5, 5.41) is 6.16. The van der Waals surface area contributed by atoms with Crippen molar-refractivity contribution in [3.63, 3.8) is 0 Å². The molecule has 1 aliphatic heterocycles. The van der Waals surface area contributed by atoms with Crippen molar-refractivity contribution in [2.75, 3.05) is 24.7 Å². The molecule has 1 aromatic carbocycles. The fourth-order valence-corrected chi connectivity index (χ4v) is 3.67. The molecule has 3 heterocycles. The molecule has 7 nitrogen and oxygen atoms in total. The molecule has 4 rings (SSSR count). The molecule has 3 aromatic rings. The lowest BCUT2D eigenvalue weighted by molar-refractivity contribution is 0.0741. The fourth-order valence-electron chi connectivity index (χ4n) is 3.67. The molecule has 1 aliphatic rings. The first-order valence-corrected chi connectivity index (χ1v) is 10.6. The monoisotopic (exact) mass is 447 g/mol. The number of halogens is 1. The predicted octanol–water partition coefficient (Wildman–Crippen LogP) is 3.91. The second kappa shape index (κ2) is 8.60. The first-order chi connectivity index (χ1) is 15.7. The number of anilines is 3. The van der Waals surface area contributed by atoms with E-state index < -0.39 is 5.60 Å². The van der Waals surface area contributed by atoms with Gasteiger partial charge < -0.3 is 26.1 Å². The highest BCUT2D eigenvalue weighted by Gasteiger charge is 2.28. The Bertz CT molecular complexity index is 1300. The van der Waals surface area contributed by atoms with Crippen molar-refractivity contribution in [3.8, 4) is 23.1 Å². The number of amides is 1. The normalized spacial score (nSPS) is 13.1. The highest BCUT2D eigenvalue weighted by molar-refractivity contribution is 6.06. The van der Waals surface area contributed by atoms with Crippen LogP contribution in [-0.4, -0.2) is 35.1 Å². The molecular weight excluding hydrogens is 421 g/mol. The Morgan fingerprint density at radius 3 is 2.85 bits per heavy atom. The van der Waals surface area contributed by atoms with E-state index in [9.17, 15) is 9.18 Å². The van der Waals surface area contributed by atoms with E-state index in [1.165, 1.54) is 6.07 Å². The van der Waals surface area contributed by atoms with Gasteiger partial charge in [-0.2, -0.15) is 0 Å². The van der Waals surface area contributed by atoms with Crippen LogP contribution in [0.2, 0.25) is 0 Å². The van der Waals surface area contributed by atoms with Gasteiger partial charge in [0.15, 0.2) is 0 Å². The number of ether oxygens (including phenoxy) is 1. The van der Waals surface area contributed by atoms with Gasteiger partial charge in [-0.1, -0.05) is 17.9 Å². The lowest BCUT2D eigenvalue weighted by atomic mass is 10.0. The number of pyridine rings is 1. The van der Waals surface area contributed by atoms with Crippen molar-refractivity contribution in [2.24, 2.45) is 0 Å². The van der Waals surface area contributed by atoms with Gasteiger partial charge in [-0.3, -0.25) is 4.79 Å². The number of benzene rings is 1. The molecule has 33 heavy (non-hydrogen) atoms. The van der Waals surface area contributed by atoms with Crippen LogP contribution < -0.4 is 16.4 Å². The number of nitrogens with zero attached hydrogens (tertiary/aromatic N) is 1. The van der Waals surface area contributed by atoms with Crippen LogP contribution in [0.5, 0.6) is 0 Å². The first kappa shape index (κ1) is 22.4. The maximum absolute atomic E-state index is 14.2. The quantitative estimate of drug-likeness (QED) is 0.454. The average molecular weight is 448 g/mol. The van der Waals surface area contributed by atoms with Gasteiger partial charge in [0.2, 0.25) is 0 Å². The van der Waals surface area contributed by atoms with Crippen LogP contribution in [-0.2, 0) is 11.2 Å². The van der Waals surface area contributed by atoms with Gasteiger partial charge in [-0.05, 0) is 39.0 Å². The number of aromatic amines is 1. The molecule has 170 valence electrons. The molecule has 0 saturated carbocycles. The first-order valence-electron chi connectivity index (χ1n) is 10.6. The van der Waals surface area contributed by atoms with Crippen LogP contribution in [0.15, 0.2) is 30.5 Å². The van der Waals surface area contributed by atoms with E-state index in [2.05, 4.69) is 32.4 Å². The summed E-state index contributed by atoms with van der Waals surface area (Å²) in [7, 11) is 1.59. The number of rotatable bonds is 4. The smallest absolute Gasteiger partial charge is 0.255 e. The molecule has 0 spiro atoms. The zero-order chi connectivity index (χ0) is 23.8. The van der Waals surface area contributed by atoms with Crippen molar-refractivity contribution in [3.05, 3.63) is 58.7 Å². The number of methoxy groups -OCH3 is 1. The molecule has 0 bridgehead atoms. The zero-order valence-corrected chi connectivity index (χ0v) is 19.0. The van der Waals surface area contributed by atoms with E-state index in [-0.39, 0.29) is 17.5 Å². The second-order valence-corrected chi connectivity index (χ2v) is 8.36. The van der Waals surface area contributed by atoms with E-state index >= 15 is 0 Å². The number of fused-ring (bicyclic) bond motifs is 1. The summed E-state index contributed by atoms with van der Waals surface area (Å²) in [6, 6.07) is 6.58. The molecule has 0 unspecified atom stereocenters. The van der Waals surface area contributed by atoms with Gasteiger partial charge in [0.25, 0.3) is 5.91 Å². The Labute approximate surface area is 191 Å². The minimum atomic E-state index is -0.686. The van der Waals surface area contributed by atoms with E-state index in [1.54, 1.807) is 38.4 Å². The Morgan fingerprint density at radius 1 is 1.30 bits per heavy atom. The van der Waals surface area contributed by atoms with Gasteiger partial charge in [0, 0.05) is 48.8 Å². The number of hydrogen-bond acceptors (Lipinski definition) is 5. The third-order valence-electron chi connectivity index (χ3n) is 5.74. The van der Waals surface area contributed by atoms with E-state index in [0.717, 1.165) is 5.69 Å². The number of H-pyrrole nitrogens is 1. The molecule has 8 heteroatoms. The minimum absolute atomic E-state index is 0.203. The molecule has 0 aliphatic carbocycles. The third-order valence-corrected chi connectivity index (χ3v) is 5.74. The van der Waals surface area contributed by atoms with Crippen molar-refractivity contribution >= 4 is 23.1 Å². The fraction of sp³-hybridized carbons (Fsp3) is 0.280. The van der Waals surface area contributed by atoms with Gasteiger partial charge in [-0.15, -0.1) is 0 Å². The van der Waals surface area contributed by atoms with Crippen LogP contribution in [0, 0.1) is 24.6 Å². The van der Waals surface area contributed by atoms with Crippen molar-refractivity contribution in [1.29, 1.82) is 0 Å². The zero-order valence-electron chi connectivity index (χ0n) is 19.0. The average Bonchev–Trinajstić information content (AvgIpc) is 3.15. The van der Waals surface area contributed by atoms with Crippen LogP contribution in [0.3, 0.4) is 0 Å². The van der Waals surface area contributed by atoms with Gasteiger partial charge in [-0.25, -0.2) is 9.37 Å². The summed E-state index contributed by atoms with van der Waals surface area (Å²) in [5.74, 6) is 5.90. The largest absolute Gasteiger partial charge is 0.383 e. The van der Waals surface area contributed by atoms with Crippen LogP contribution in [0.1, 0.15) is 41.0 Å². The molecule has 0 saturated heterocycles. The Hall–Kier alpha value is -3.83. The highest BCUT2D eigenvalue weighted by atomic mass is 19.1. The Kier molecular flexibility index (Phi) is 5.83. The maximum atomic E-state index is 14.2. The van der Waals surface area contributed by atoms with E-state index in [4.69, 9.17) is 10.5 Å².